The van der Waals surface area contributed by atoms with Crippen LogP contribution in [0.5, 0.6) is 0 Å². The highest BCUT2D eigenvalue weighted by Crippen LogP contribution is 2.28. The smallest absolute Gasteiger partial charge is 0.310 e. The van der Waals surface area contributed by atoms with Crippen molar-refractivity contribution in [3.05, 3.63) is 34.6 Å². The highest BCUT2D eigenvalue weighted by atomic mass is 19.3. The number of hydrogen-bond donors (Lipinski definition) is 0. The summed E-state index contributed by atoms with van der Waals surface area (Å²) < 4.78 is 43.5. The second-order valence-electron chi connectivity index (χ2n) is 3.39. The lowest BCUT2D eigenvalue weighted by Crippen LogP contribution is -2.11. The molecule has 0 N–H and O–H groups in total. The molecule has 0 aliphatic carbocycles. The summed E-state index contributed by atoms with van der Waals surface area (Å²) in [6.07, 6.45) is -3.44. The van der Waals surface area contributed by atoms with Gasteiger partial charge in [-0.2, -0.15) is 5.26 Å². The fourth-order valence-electron chi connectivity index (χ4n) is 1.52. The topological polar surface area (TPSA) is 50.1 Å². The summed E-state index contributed by atoms with van der Waals surface area (Å²) in [4.78, 5) is 11.2. The Morgan fingerprint density at radius 3 is 2.67 bits per heavy atom. The molecule has 1 aromatic rings. The van der Waals surface area contributed by atoms with E-state index in [1.54, 1.807) is 6.92 Å². The van der Waals surface area contributed by atoms with Gasteiger partial charge in [-0.05, 0) is 18.6 Å². The molecule has 0 saturated carbocycles. The quantitative estimate of drug-likeness (QED) is 0.779. The largest absolute Gasteiger partial charge is 0.466 e. The second kappa shape index (κ2) is 6.05. The zero-order valence-electron chi connectivity index (χ0n) is 9.54. The average molecular weight is 257 g/mol. The van der Waals surface area contributed by atoms with Gasteiger partial charge >= 0.3 is 5.97 Å². The standard InChI is InChI=1S/C12H10F3NO2/c1-2-18-10(17)5-7-3-4-9(13)8(6-16)11(7)12(14)15/h3-4,12H,2,5H2,1H3. The predicted molar refractivity (Wildman–Crippen MR) is 56.4 cm³/mol. The Morgan fingerprint density at radius 2 is 2.17 bits per heavy atom. The number of esters is 1. The van der Waals surface area contributed by atoms with Gasteiger partial charge in [0.1, 0.15) is 11.9 Å². The van der Waals surface area contributed by atoms with Crippen molar-refractivity contribution in [1.29, 1.82) is 5.26 Å². The molecular formula is C12H10F3NO2. The third-order valence-corrected chi connectivity index (χ3v) is 2.26. The van der Waals surface area contributed by atoms with Gasteiger partial charge in [-0.15, -0.1) is 0 Å². The summed E-state index contributed by atoms with van der Waals surface area (Å²) in [7, 11) is 0. The molecule has 0 spiro atoms. The first kappa shape index (κ1) is 14.0. The first-order valence-corrected chi connectivity index (χ1v) is 5.16. The fraction of sp³-hybridized carbons (Fsp3) is 0.333. The molecular weight excluding hydrogens is 247 g/mol. The molecule has 0 saturated heterocycles. The number of carbonyl (C=O) groups excluding carboxylic acids is 1. The zero-order chi connectivity index (χ0) is 13.7. The van der Waals surface area contributed by atoms with Gasteiger partial charge in [-0.1, -0.05) is 6.07 Å². The van der Waals surface area contributed by atoms with Gasteiger partial charge in [0.25, 0.3) is 6.43 Å². The molecule has 0 aliphatic rings. The molecule has 96 valence electrons. The predicted octanol–water partition coefficient (Wildman–Crippen LogP) is 2.74. The highest BCUT2D eigenvalue weighted by Gasteiger charge is 2.22. The van der Waals surface area contributed by atoms with Crippen molar-refractivity contribution < 1.29 is 22.7 Å². The lowest BCUT2D eigenvalue weighted by atomic mass is 9.99. The van der Waals surface area contributed by atoms with Crippen LogP contribution in [0, 0.1) is 17.1 Å². The third-order valence-electron chi connectivity index (χ3n) is 2.26. The van der Waals surface area contributed by atoms with E-state index in [-0.39, 0.29) is 12.2 Å². The molecule has 18 heavy (non-hydrogen) atoms. The lowest BCUT2D eigenvalue weighted by Gasteiger charge is -2.10. The van der Waals surface area contributed by atoms with Crippen LogP contribution in [0.4, 0.5) is 13.2 Å². The Balaban J connectivity index is 3.20. The molecule has 0 unspecified atom stereocenters. The van der Waals surface area contributed by atoms with E-state index in [0.717, 1.165) is 12.1 Å². The molecule has 0 amide bonds. The van der Waals surface area contributed by atoms with Gasteiger partial charge in [0.05, 0.1) is 18.6 Å². The maximum absolute atomic E-state index is 13.2. The summed E-state index contributed by atoms with van der Waals surface area (Å²) in [5, 5.41) is 8.67. The maximum Gasteiger partial charge on any atom is 0.310 e. The van der Waals surface area contributed by atoms with Gasteiger partial charge in [-0.25, -0.2) is 13.2 Å². The number of alkyl halides is 2. The minimum Gasteiger partial charge on any atom is -0.466 e. The first-order chi connectivity index (χ1) is 8.51. The minimum absolute atomic E-state index is 0.0959. The van der Waals surface area contributed by atoms with Crippen LogP contribution in [0.25, 0.3) is 0 Å². The number of nitriles is 1. The Morgan fingerprint density at radius 1 is 1.50 bits per heavy atom. The molecule has 0 aliphatic heterocycles. The lowest BCUT2D eigenvalue weighted by molar-refractivity contribution is -0.142. The summed E-state index contributed by atoms with van der Waals surface area (Å²) >= 11 is 0. The van der Waals surface area contributed by atoms with Gasteiger partial charge in [0.2, 0.25) is 0 Å². The van der Waals surface area contributed by atoms with Crippen molar-refractivity contribution in [3.63, 3.8) is 0 Å². The molecule has 0 radical (unpaired) electrons. The van der Waals surface area contributed by atoms with E-state index >= 15 is 0 Å². The van der Waals surface area contributed by atoms with E-state index in [9.17, 15) is 18.0 Å². The number of carbonyl (C=O) groups is 1. The second-order valence-corrected chi connectivity index (χ2v) is 3.39. The van der Waals surface area contributed by atoms with E-state index in [0.29, 0.717) is 0 Å². The van der Waals surface area contributed by atoms with Crippen molar-refractivity contribution in [2.75, 3.05) is 6.61 Å². The van der Waals surface area contributed by atoms with Gasteiger partial charge in [0.15, 0.2) is 0 Å². The van der Waals surface area contributed by atoms with E-state index in [1.807, 2.05) is 0 Å². The highest BCUT2D eigenvalue weighted by molar-refractivity contribution is 5.73. The van der Waals surface area contributed by atoms with Crippen molar-refractivity contribution in [2.24, 2.45) is 0 Å². The van der Waals surface area contributed by atoms with Gasteiger partial charge < -0.3 is 4.74 Å². The molecule has 0 fully saturated rings. The van der Waals surface area contributed by atoms with Crippen molar-refractivity contribution >= 4 is 5.97 Å². The summed E-state index contributed by atoms with van der Waals surface area (Å²) in [6.45, 7) is 1.70. The number of benzene rings is 1. The third kappa shape index (κ3) is 3.00. The number of ether oxygens (including phenoxy) is 1. The van der Waals surface area contributed by atoms with Crippen molar-refractivity contribution in [3.8, 4) is 6.07 Å². The van der Waals surface area contributed by atoms with E-state index in [4.69, 9.17) is 5.26 Å². The Kier molecular flexibility index (Phi) is 4.72. The van der Waals surface area contributed by atoms with Crippen LogP contribution in [-0.2, 0) is 16.0 Å². The van der Waals surface area contributed by atoms with E-state index in [1.165, 1.54) is 6.07 Å². The van der Waals surface area contributed by atoms with Crippen LogP contribution in [0.3, 0.4) is 0 Å². The number of rotatable bonds is 4. The molecule has 0 heterocycles. The van der Waals surface area contributed by atoms with Crippen molar-refractivity contribution in [2.45, 2.75) is 19.8 Å². The molecule has 0 bridgehead atoms. The molecule has 6 heteroatoms. The van der Waals surface area contributed by atoms with Crippen LogP contribution >= 0.6 is 0 Å². The van der Waals surface area contributed by atoms with Crippen LogP contribution in [0.1, 0.15) is 30.0 Å². The molecule has 1 rings (SSSR count). The molecule has 0 atom stereocenters. The van der Waals surface area contributed by atoms with Crippen LogP contribution in [0.2, 0.25) is 0 Å². The SMILES string of the molecule is CCOC(=O)Cc1ccc(F)c(C#N)c1C(F)F. The van der Waals surface area contributed by atoms with Gasteiger partial charge in [-0.3, -0.25) is 4.79 Å². The summed E-state index contributed by atoms with van der Waals surface area (Å²) in [6, 6.07) is 3.34. The Bertz CT molecular complexity index is 495. The van der Waals surface area contributed by atoms with Crippen LogP contribution < -0.4 is 0 Å². The fourth-order valence-corrected chi connectivity index (χ4v) is 1.52. The number of nitrogens with zero attached hydrogens (tertiary/aromatic N) is 1. The van der Waals surface area contributed by atoms with Crippen LogP contribution in [0.15, 0.2) is 12.1 Å². The summed E-state index contributed by atoms with van der Waals surface area (Å²) in [5.41, 5.74) is -1.57. The van der Waals surface area contributed by atoms with Crippen molar-refractivity contribution in [1.82, 2.24) is 0 Å². The minimum atomic E-state index is -3.03. The molecule has 0 aromatic heterocycles. The van der Waals surface area contributed by atoms with E-state index in [2.05, 4.69) is 4.74 Å². The average Bonchev–Trinajstić information content (AvgIpc) is 2.30. The maximum atomic E-state index is 13.2. The molecule has 3 nitrogen and oxygen atoms in total. The monoisotopic (exact) mass is 257 g/mol. The van der Waals surface area contributed by atoms with Gasteiger partial charge in [0, 0.05) is 5.56 Å². The number of halogens is 3. The van der Waals surface area contributed by atoms with E-state index < -0.39 is 35.8 Å². The zero-order valence-corrected chi connectivity index (χ0v) is 9.54. The Hall–Kier alpha value is -2.03. The van der Waals surface area contributed by atoms with Crippen LogP contribution in [-0.4, -0.2) is 12.6 Å². The molecule has 1 aromatic carbocycles. The normalized spacial score (nSPS) is 10.2. The first-order valence-electron chi connectivity index (χ1n) is 5.16. The number of hydrogen-bond acceptors (Lipinski definition) is 3. The Labute approximate surface area is 102 Å². The summed E-state index contributed by atoms with van der Waals surface area (Å²) in [5.74, 6) is -1.73.